The first kappa shape index (κ1) is 21.5. The molecule has 0 aliphatic heterocycles. The minimum Gasteiger partial charge on any atom is -0.324 e. The lowest BCUT2D eigenvalue weighted by Gasteiger charge is -2.27. The Kier molecular flexibility index (Phi) is 6.42. The lowest BCUT2D eigenvalue weighted by molar-refractivity contribution is -0.119. The van der Waals surface area contributed by atoms with E-state index >= 15 is 0 Å². The summed E-state index contributed by atoms with van der Waals surface area (Å²) in [6.45, 7) is 1.98. The van der Waals surface area contributed by atoms with Gasteiger partial charge in [0.1, 0.15) is 6.04 Å². The summed E-state index contributed by atoms with van der Waals surface area (Å²) in [6, 6.07) is 28.6. The largest absolute Gasteiger partial charge is 0.332 e. The Labute approximate surface area is 192 Å². The van der Waals surface area contributed by atoms with Crippen molar-refractivity contribution in [1.29, 1.82) is 0 Å². The van der Waals surface area contributed by atoms with Gasteiger partial charge in [0, 0.05) is 11.1 Å². The minimum atomic E-state index is -0.934. The third-order valence-corrected chi connectivity index (χ3v) is 5.58. The molecule has 1 atom stereocenters. The molecule has 6 heteroatoms. The summed E-state index contributed by atoms with van der Waals surface area (Å²) in [6.07, 6.45) is 0. The van der Waals surface area contributed by atoms with Crippen LogP contribution in [0.3, 0.4) is 0 Å². The third-order valence-electron chi connectivity index (χ3n) is 5.17. The Balaban J connectivity index is 1.60. The molecule has 32 heavy (non-hydrogen) atoms. The Morgan fingerprint density at radius 3 is 2.19 bits per heavy atom. The molecule has 160 valence electrons. The molecule has 0 bridgehead atoms. The van der Waals surface area contributed by atoms with Crippen molar-refractivity contribution in [2.24, 2.45) is 0 Å². The van der Waals surface area contributed by atoms with Crippen LogP contribution in [-0.2, 0) is 4.79 Å². The zero-order chi connectivity index (χ0) is 22.5. The van der Waals surface area contributed by atoms with Crippen LogP contribution in [0.5, 0.6) is 0 Å². The molecule has 0 aliphatic rings. The van der Waals surface area contributed by atoms with Gasteiger partial charge < -0.3 is 10.6 Å². The van der Waals surface area contributed by atoms with E-state index in [2.05, 4.69) is 23.4 Å². The standard InChI is InChI=1S/C26H23N3O2S/c1-18-14-16-21(17-15-18)27-25(30)24(20-9-3-2-4-10-20)29(32)26(31)28-23-13-7-11-19-8-5-6-12-22(19)23/h2-17,24,32H,1H3,(H,27,30)(H,28,31). The summed E-state index contributed by atoms with van der Waals surface area (Å²) < 4.78 is 1.13. The van der Waals surface area contributed by atoms with Crippen molar-refractivity contribution in [3.05, 3.63) is 108 Å². The highest BCUT2D eigenvalue weighted by molar-refractivity contribution is 7.78. The van der Waals surface area contributed by atoms with Gasteiger partial charge in [-0.25, -0.2) is 4.79 Å². The quantitative estimate of drug-likeness (QED) is 0.323. The van der Waals surface area contributed by atoms with Gasteiger partial charge in [0.25, 0.3) is 5.91 Å². The van der Waals surface area contributed by atoms with Crippen molar-refractivity contribution in [3.63, 3.8) is 0 Å². The Bertz CT molecular complexity index is 1240. The van der Waals surface area contributed by atoms with Gasteiger partial charge in [-0.05, 0) is 36.1 Å². The summed E-state index contributed by atoms with van der Waals surface area (Å²) >= 11 is 4.44. The molecule has 5 nitrogen and oxygen atoms in total. The second-order valence-electron chi connectivity index (χ2n) is 7.47. The van der Waals surface area contributed by atoms with E-state index in [0.29, 0.717) is 16.9 Å². The van der Waals surface area contributed by atoms with Crippen molar-refractivity contribution in [2.75, 3.05) is 10.6 Å². The predicted molar refractivity (Wildman–Crippen MR) is 133 cm³/mol. The molecule has 0 saturated heterocycles. The van der Waals surface area contributed by atoms with Crippen molar-refractivity contribution in [1.82, 2.24) is 4.31 Å². The summed E-state index contributed by atoms with van der Waals surface area (Å²) in [4.78, 5) is 26.4. The van der Waals surface area contributed by atoms with Gasteiger partial charge in [0.05, 0.1) is 5.69 Å². The maximum atomic E-state index is 13.2. The Hall–Kier alpha value is -3.77. The van der Waals surface area contributed by atoms with Crippen LogP contribution >= 0.6 is 12.8 Å². The van der Waals surface area contributed by atoms with Crippen LogP contribution in [0.25, 0.3) is 10.8 Å². The molecule has 0 radical (unpaired) electrons. The number of nitrogens with one attached hydrogen (secondary N) is 2. The van der Waals surface area contributed by atoms with E-state index in [1.165, 1.54) is 0 Å². The molecule has 1 unspecified atom stereocenters. The molecule has 4 aromatic carbocycles. The van der Waals surface area contributed by atoms with Crippen molar-refractivity contribution in [2.45, 2.75) is 13.0 Å². The van der Waals surface area contributed by atoms with Gasteiger partial charge in [-0.1, -0.05) is 97.2 Å². The molecular formula is C26H23N3O2S. The zero-order valence-corrected chi connectivity index (χ0v) is 18.4. The molecule has 4 rings (SSSR count). The molecule has 3 amide bonds. The minimum absolute atomic E-state index is 0.358. The van der Waals surface area contributed by atoms with E-state index in [9.17, 15) is 9.59 Å². The zero-order valence-electron chi connectivity index (χ0n) is 17.5. The fraction of sp³-hybridized carbons (Fsp3) is 0.0769. The number of hydrogen-bond acceptors (Lipinski definition) is 3. The van der Waals surface area contributed by atoms with E-state index in [1.54, 1.807) is 12.1 Å². The van der Waals surface area contributed by atoms with Gasteiger partial charge >= 0.3 is 6.03 Å². The van der Waals surface area contributed by atoms with Gasteiger partial charge in [0.15, 0.2) is 0 Å². The molecule has 2 N–H and O–H groups in total. The number of aryl methyl sites for hydroxylation is 1. The monoisotopic (exact) mass is 441 g/mol. The second kappa shape index (κ2) is 9.58. The summed E-state index contributed by atoms with van der Waals surface area (Å²) in [5, 5.41) is 7.69. The Morgan fingerprint density at radius 1 is 0.781 bits per heavy atom. The highest BCUT2D eigenvalue weighted by Gasteiger charge is 2.30. The van der Waals surface area contributed by atoms with E-state index in [4.69, 9.17) is 0 Å². The van der Waals surface area contributed by atoms with Gasteiger partial charge in [-0.15, -0.1) is 0 Å². The summed E-state index contributed by atoms with van der Waals surface area (Å²) in [5.74, 6) is -0.358. The van der Waals surface area contributed by atoms with Gasteiger partial charge in [-0.3, -0.25) is 9.10 Å². The van der Waals surface area contributed by atoms with E-state index < -0.39 is 12.1 Å². The molecular weight excluding hydrogens is 418 g/mol. The first-order chi connectivity index (χ1) is 15.5. The predicted octanol–water partition coefficient (Wildman–Crippen LogP) is 6.21. The molecule has 0 heterocycles. The van der Waals surface area contributed by atoms with Gasteiger partial charge in [-0.2, -0.15) is 0 Å². The van der Waals surface area contributed by atoms with Crippen molar-refractivity contribution in [3.8, 4) is 0 Å². The molecule has 0 saturated carbocycles. The average molecular weight is 442 g/mol. The smallest absolute Gasteiger partial charge is 0.324 e. The number of hydrogen-bond donors (Lipinski definition) is 3. The van der Waals surface area contributed by atoms with Gasteiger partial charge in [0.2, 0.25) is 0 Å². The van der Waals surface area contributed by atoms with Crippen LogP contribution in [0.1, 0.15) is 17.2 Å². The number of benzene rings is 4. The highest BCUT2D eigenvalue weighted by Crippen LogP contribution is 2.28. The van der Waals surface area contributed by atoms with Crippen LogP contribution in [0.2, 0.25) is 0 Å². The van der Waals surface area contributed by atoms with E-state index in [-0.39, 0.29) is 5.91 Å². The van der Waals surface area contributed by atoms with E-state index in [1.807, 2.05) is 91.9 Å². The maximum absolute atomic E-state index is 13.2. The summed E-state index contributed by atoms with van der Waals surface area (Å²) in [7, 11) is 0. The number of carbonyl (C=O) groups is 2. The normalized spacial score (nSPS) is 11.6. The third kappa shape index (κ3) is 4.76. The van der Waals surface area contributed by atoms with Crippen LogP contribution in [-0.4, -0.2) is 16.2 Å². The van der Waals surface area contributed by atoms with Crippen molar-refractivity contribution >= 4 is 46.9 Å². The SMILES string of the molecule is Cc1ccc(NC(=O)C(c2ccccc2)N(S)C(=O)Nc2cccc3ccccc23)cc1. The average Bonchev–Trinajstić information content (AvgIpc) is 2.81. The molecule has 0 aromatic heterocycles. The lowest BCUT2D eigenvalue weighted by atomic mass is 10.1. The first-order valence-electron chi connectivity index (χ1n) is 10.2. The number of carbonyl (C=O) groups excluding carboxylic acids is 2. The van der Waals surface area contributed by atoms with Crippen LogP contribution in [0.15, 0.2) is 97.1 Å². The number of thiol groups is 1. The fourth-order valence-corrected chi connectivity index (χ4v) is 3.80. The number of rotatable bonds is 5. The number of urea groups is 1. The lowest BCUT2D eigenvalue weighted by Crippen LogP contribution is -2.37. The second-order valence-corrected chi connectivity index (χ2v) is 7.90. The first-order valence-corrected chi connectivity index (χ1v) is 10.6. The number of fused-ring (bicyclic) bond motifs is 1. The fourth-order valence-electron chi connectivity index (χ4n) is 3.51. The highest BCUT2D eigenvalue weighted by atomic mass is 32.1. The van der Waals surface area contributed by atoms with Crippen LogP contribution < -0.4 is 10.6 Å². The Morgan fingerprint density at radius 2 is 1.44 bits per heavy atom. The van der Waals surface area contributed by atoms with Crippen molar-refractivity contribution < 1.29 is 9.59 Å². The number of amides is 3. The molecule has 0 aliphatic carbocycles. The van der Waals surface area contributed by atoms with Crippen LogP contribution in [0, 0.1) is 6.92 Å². The molecule has 0 spiro atoms. The number of anilines is 2. The van der Waals surface area contributed by atoms with Crippen LogP contribution in [0.4, 0.5) is 16.2 Å². The maximum Gasteiger partial charge on any atom is 0.332 e. The number of nitrogens with zero attached hydrogens (tertiary/aromatic N) is 1. The van der Waals surface area contributed by atoms with E-state index in [0.717, 1.165) is 20.6 Å². The summed E-state index contributed by atoms with van der Waals surface area (Å²) in [5.41, 5.74) is 3.05. The topological polar surface area (TPSA) is 61.4 Å². The molecule has 4 aromatic rings. The molecule has 0 fully saturated rings.